The number of hydrogen-bond acceptors (Lipinski definition) is 4. The third kappa shape index (κ3) is 2.34. The Balaban J connectivity index is 2.17. The number of hydrogen-bond donors (Lipinski definition) is 0. The van der Waals surface area contributed by atoms with Crippen LogP contribution in [-0.2, 0) is 6.54 Å². The average Bonchev–Trinajstić information content (AvgIpc) is 2.66. The van der Waals surface area contributed by atoms with Crippen molar-refractivity contribution in [1.82, 2.24) is 14.8 Å². The van der Waals surface area contributed by atoms with Crippen molar-refractivity contribution in [1.29, 1.82) is 0 Å². The van der Waals surface area contributed by atoms with Gasteiger partial charge in [-0.1, -0.05) is 11.6 Å². The highest BCUT2D eigenvalue weighted by atomic mass is 35.5. The van der Waals surface area contributed by atoms with Crippen LogP contribution in [0.3, 0.4) is 0 Å². The second-order valence-electron chi connectivity index (χ2n) is 3.12. The predicted octanol–water partition coefficient (Wildman–Crippen LogP) is 1.89. The second kappa shape index (κ2) is 4.28. The monoisotopic (exact) mass is 238 g/mol. The van der Waals surface area contributed by atoms with Gasteiger partial charge in [-0.3, -0.25) is 19.8 Å². The van der Waals surface area contributed by atoms with Crippen LogP contribution in [0.4, 0.5) is 5.69 Å². The molecule has 7 heteroatoms. The van der Waals surface area contributed by atoms with E-state index < -0.39 is 4.92 Å². The van der Waals surface area contributed by atoms with E-state index in [4.69, 9.17) is 11.6 Å². The first-order valence-corrected chi connectivity index (χ1v) is 4.80. The minimum atomic E-state index is -0.491. The van der Waals surface area contributed by atoms with Crippen LogP contribution in [0.1, 0.15) is 5.69 Å². The Morgan fingerprint density at radius 1 is 1.56 bits per heavy atom. The first-order valence-electron chi connectivity index (χ1n) is 4.42. The van der Waals surface area contributed by atoms with E-state index in [1.54, 1.807) is 18.3 Å². The third-order valence-corrected chi connectivity index (χ3v) is 2.17. The highest BCUT2D eigenvalue weighted by molar-refractivity contribution is 6.30. The molecule has 0 unspecified atom stereocenters. The molecule has 0 spiro atoms. The minimum Gasteiger partial charge on any atom is -0.260 e. The lowest BCUT2D eigenvalue weighted by Crippen LogP contribution is -2.01. The van der Waals surface area contributed by atoms with Crippen molar-refractivity contribution in [2.24, 2.45) is 0 Å². The van der Waals surface area contributed by atoms with Crippen LogP contribution in [0.2, 0.25) is 5.02 Å². The predicted molar refractivity (Wildman–Crippen MR) is 57.2 cm³/mol. The van der Waals surface area contributed by atoms with Crippen LogP contribution in [0, 0.1) is 10.1 Å². The zero-order valence-electron chi connectivity index (χ0n) is 8.08. The summed E-state index contributed by atoms with van der Waals surface area (Å²) in [6.45, 7) is 0.356. The Morgan fingerprint density at radius 3 is 3.00 bits per heavy atom. The van der Waals surface area contributed by atoms with Gasteiger partial charge in [-0.25, -0.2) is 0 Å². The summed E-state index contributed by atoms with van der Waals surface area (Å²) in [4.78, 5) is 14.0. The summed E-state index contributed by atoms with van der Waals surface area (Å²) < 4.78 is 1.44. The van der Waals surface area contributed by atoms with Crippen LogP contribution in [0.15, 0.2) is 30.7 Å². The van der Waals surface area contributed by atoms with E-state index in [0.717, 1.165) is 0 Å². The Bertz CT molecular complexity index is 526. The lowest BCUT2D eigenvalue weighted by Gasteiger charge is -2.00. The van der Waals surface area contributed by atoms with Gasteiger partial charge in [-0.05, 0) is 12.1 Å². The van der Waals surface area contributed by atoms with Crippen molar-refractivity contribution >= 4 is 17.3 Å². The molecule has 2 heterocycles. The molecular weight excluding hydrogens is 232 g/mol. The standard InChI is InChI=1S/C9H7ClN4O2/c10-7-1-2-11-8(3-7)5-13-6-9(4-12-13)14(15)16/h1-4,6H,5H2. The van der Waals surface area contributed by atoms with E-state index in [1.807, 2.05) is 0 Å². The third-order valence-electron chi connectivity index (χ3n) is 1.93. The van der Waals surface area contributed by atoms with Gasteiger partial charge in [-0.2, -0.15) is 5.10 Å². The molecule has 0 aliphatic carbocycles. The number of pyridine rings is 1. The average molecular weight is 239 g/mol. The van der Waals surface area contributed by atoms with E-state index in [2.05, 4.69) is 10.1 Å². The Kier molecular flexibility index (Phi) is 2.82. The molecule has 0 atom stereocenters. The van der Waals surface area contributed by atoms with Gasteiger partial charge in [-0.15, -0.1) is 0 Å². The van der Waals surface area contributed by atoms with Crippen molar-refractivity contribution in [2.75, 3.05) is 0 Å². The van der Waals surface area contributed by atoms with Gasteiger partial charge in [0, 0.05) is 11.2 Å². The number of rotatable bonds is 3. The SMILES string of the molecule is O=[N+]([O-])c1cnn(Cc2cc(Cl)ccn2)c1. The number of nitro groups is 1. The topological polar surface area (TPSA) is 73.8 Å². The number of halogens is 1. The minimum absolute atomic E-state index is 0.0398. The molecular formula is C9H7ClN4O2. The quantitative estimate of drug-likeness (QED) is 0.605. The van der Waals surface area contributed by atoms with Crippen LogP contribution in [0.25, 0.3) is 0 Å². The van der Waals surface area contributed by atoms with Gasteiger partial charge >= 0.3 is 5.69 Å². The Labute approximate surface area is 95.6 Å². The summed E-state index contributed by atoms with van der Waals surface area (Å²) in [5, 5.41) is 14.9. The van der Waals surface area contributed by atoms with Gasteiger partial charge in [0.15, 0.2) is 0 Å². The molecule has 0 aliphatic rings. The largest absolute Gasteiger partial charge is 0.307 e. The molecule has 0 aromatic carbocycles. The molecule has 0 bridgehead atoms. The van der Waals surface area contributed by atoms with Gasteiger partial charge in [0.2, 0.25) is 0 Å². The molecule has 0 saturated carbocycles. The molecule has 2 aromatic rings. The van der Waals surface area contributed by atoms with Crippen LogP contribution in [0.5, 0.6) is 0 Å². The summed E-state index contributed by atoms with van der Waals surface area (Å²) >= 11 is 5.79. The van der Waals surface area contributed by atoms with Crippen LogP contribution >= 0.6 is 11.6 Å². The maximum absolute atomic E-state index is 10.4. The molecule has 0 aliphatic heterocycles. The second-order valence-corrected chi connectivity index (χ2v) is 3.56. The first kappa shape index (κ1) is 10.6. The van der Waals surface area contributed by atoms with Crippen LogP contribution in [-0.4, -0.2) is 19.7 Å². The van der Waals surface area contributed by atoms with E-state index in [-0.39, 0.29) is 5.69 Å². The van der Waals surface area contributed by atoms with Gasteiger partial charge < -0.3 is 0 Å². The van der Waals surface area contributed by atoms with Gasteiger partial charge in [0.25, 0.3) is 0 Å². The fourth-order valence-corrected chi connectivity index (χ4v) is 1.42. The molecule has 0 amide bonds. The summed E-state index contributed by atoms with van der Waals surface area (Å²) in [5.41, 5.74) is 0.660. The Hall–Kier alpha value is -1.95. The fourth-order valence-electron chi connectivity index (χ4n) is 1.23. The summed E-state index contributed by atoms with van der Waals surface area (Å²) in [7, 11) is 0. The first-order chi connectivity index (χ1) is 7.65. The summed E-state index contributed by atoms with van der Waals surface area (Å²) in [5.74, 6) is 0. The van der Waals surface area contributed by atoms with E-state index in [9.17, 15) is 10.1 Å². The number of aromatic nitrogens is 3. The molecule has 6 nitrogen and oxygen atoms in total. The normalized spacial score (nSPS) is 10.3. The van der Waals surface area contributed by atoms with Crippen LogP contribution < -0.4 is 0 Å². The molecule has 0 saturated heterocycles. The zero-order chi connectivity index (χ0) is 11.5. The fraction of sp³-hybridized carbons (Fsp3) is 0.111. The summed E-state index contributed by atoms with van der Waals surface area (Å²) in [6.07, 6.45) is 4.13. The van der Waals surface area contributed by atoms with Gasteiger partial charge in [0.1, 0.15) is 12.4 Å². The smallest absolute Gasteiger partial charge is 0.260 e. The van der Waals surface area contributed by atoms with Crippen molar-refractivity contribution < 1.29 is 4.92 Å². The van der Waals surface area contributed by atoms with E-state index in [1.165, 1.54) is 17.1 Å². The van der Waals surface area contributed by atoms with Crippen molar-refractivity contribution in [3.05, 3.63) is 51.6 Å². The molecule has 2 rings (SSSR count). The molecule has 0 N–H and O–H groups in total. The van der Waals surface area contributed by atoms with Crippen molar-refractivity contribution in [3.63, 3.8) is 0 Å². The van der Waals surface area contributed by atoms with E-state index in [0.29, 0.717) is 17.3 Å². The lowest BCUT2D eigenvalue weighted by molar-refractivity contribution is -0.385. The molecule has 0 fully saturated rings. The molecule has 2 aromatic heterocycles. The van der Waals surface area contributed by atoms with E-state index >= 15 is 0 Å². The van der Waals surface area contributed by atoms with Crippen molar-refractivity contribution in [2.45, 2.75) is 6.54 Å². The lowest BCUT2D eigenvalue weighted by atomic mass is 10.3. The zero-order valence-corrected chi connectivity index (χ0v) is 8.83. The Morgan fingerprint density at radius 2 is 2.38 bits per heavy atom. The molecule has 16 heavy (non-hydrogen) atoms. The van der Waals surface area contributed by atoms with Crippen molar-refractivity contribution in [3.8, 4) is 0 Å². The van der Waals surface area contributed by atoms with Gasteiger partial charge in [0.05, 0.1) is 17.2 Å². The maximum atomic E-state index is 10.4. The molecule has 82 valence electrons. The number of nitrogens with zero attached hydrogens (tertiary/aromatic N) is 4. The maximum Gasteiger partial charge on any atom is 0.307 e. The highest BCUT2D eigenvalue weighted by Gasteiger charge is 2.09. The molecule has 0 radical (unpaired) electrons. The highest BCUT2D eigenvalue weighted by Crippen LogP contribution is 2.11. The summed E-state index contributed by atoms with van der Waals surface area (Å²) in [6, 6.07) is 3.35.